The summed E-state index contributed by atoms with van der Waals surface area (Å²) in [5, 5.41) is 10.7. The molecule has 0 bridgehead atoms. The van der Waals surface area contributed by atoms with Crippen LogP contribution < -0.4 is 14.2 Å². The number of methoxy groups -OCH3 is 2. The summed E-state index contributed by atoms with van der Waals surface area (Å²) in [5.74, 6) is 1.96. The summed E-state index contributed by atoms with van der Waals surface area (Å²) in [6.07, 6.45) is -0.673. The van der Waals surface area contributed by atoms with Crippen LogP contribution in [0, 0.1) is 6.92 Å². The van der Waals surface area contributed by atoms with Gasteiger partial charge in [0.2, 0.25) is 0 Å². The standard InChI is InChI=1S/C31H30BrClO5/c1-21-28(32)17-18-29(30(21)33)38-27(19-34)20-37-31(22-7-5-4-6-8-22,23-9-13-25(35-2)14-10-23)24-11-15-26(36-3)16-12-24/h4-18,27,34H,19-20H2,1-3H3/t27-/m1/s1. The minimum Gasteiger partial charge on any atom is -0.497 e. The van der Waals surface area contributed by atoms with Crippen molar-refractivity contribution in [2.75, 3.05) is 27.4 Å². The highest BCUT2D eigenvalue weighted by Gasteiger charge is 2.38. The van der Waals surface area contributed by atoms with Gasteiger partial charge in [0.05, 0.1) is 32.5 Å². The number of aliphatic hydroxyl groups is 1. The van der Waals surface area contributed by atoms with Crippen LogP contribution in [0.25, 0.3) is 0 Å². The first-order chi connectivity index (χ1) is 18.4. The third-order valence-corrected chi connectivity index (χ3v) is 7.77. The monoisotopic (exact) mass is 596 g/mol. The summed E-state index contributed by atoms with van der Waals surface area (Å²) in [5.41, 5.74) is 2.55. The molecule has 0 amide bonds. The summed E-state index contributed by atoms with van der Waals surface area (Å²) in [7, 11) is 3.27. The Kier molecular flexibility index (Phi) is 9.34. The van der Waals surface area contributed by atoms with Crippen molar-refractivity contribution in [1.82, 2.24) is 0 Å². The fraction of sp³-hybridized carbons (Fsp3) is 0.226. The lowest BCUT2D eigenvalue weighted by molar-refractivity contribution is -0.0439. The van der Waals surface area contributed by atoms with Gasteiger partial charge in [-0.1, -0.05) is 82.1 Å². The Hall–Kier alpha value is -3.03. The first kappa shape index (κ1) is 28.0. The van der Waals surface area contributed by atoms with Crippen LogP contribution in [-0.2, 0) is 10.3 Å². The Bertz CT molecular complexity index is 1280. The van der Waals surface area contributed by atoms with Crippen molar-refractivity contribution in [2.45, 2.75) is 18.6 Å². The first-order valence-electron chi connectivity index (χ1n) is 12.1. The van der Waals surface area contributed by atoms with Gasteiger partial charge in [-0.25, -0.2) is 0 Å². The fourth-order valence-electron chi connectivity index (χ4n) is 4.32. The number of aliphatic hydroxyl groups excluding tert-OH is 1. The van der Waals surface area contributed by atoms with E-state index in [1.807, 2.05) is 91.9 Å². The van der Waals surface area contributed by atoms with E-state index in [1.165, 1.54) is 0 Å². The second kappa shape index (κ2) is 12.7. The largest absolute Gasteiger partial charge is 0.497 e. The van der Waals surface area contributed by atoms with E-state index in [0.29, 0.717) is 10.8 Å². The molecule has 1 N–H and O–H groups in total. The molecule has 0 aliphatic rings. The van der Waals surface area contributed by atoms with E-state index in [9.17, 15) is 5.11 Å². The highest BCUT2D eigenvalue weighted by atomic mass is 79.9. The SMILES string of the molecule is COc1ccc(C(OC[C@@H](CO)Oc2ccc(Br)c(C)c2Cl)(c2ccccc2)c2ccc(OC)cc2)cc1. The molecule has 4 aromatic carbocycles. The van der Waals surface area contributed by atoms with Gasteiger partial charge in [0.15, 0.2) is 0 Å². The van der Waals surface area contributed by atoms with Crippen LogP contribution in [0.4, 0.5) is 0 Å². The van der Waals surface area contributed by atoms with E-state index in [2.05, 4.69) is 15.9 Å². The third kappa shape index (κ3) is 5.84. The molecule has 4 rings (SSSR count). The second-order valence-corrected chi connectivity index (χ2v) is 9.95. The van der Waals surface area contributed by atoms with Crippen LogP contribution >= 0.6 is 27.5 Å². The second-order valence-electron chi connectivity index (χ2n) is 8.72. The Balaban J connectivity index is 1.78. The number of benzene rings is 4. The van der Waals surface area contributed by atoms with Gasteiger partial charge < -0.3 is 24.1 Å². The van der Waals surface area contributed by atoms with E-state index < -0.39 is 11.7 Å². The van der Waals surface area contributed by atoms with Crippen molar-refractivity contribution < 1.29 is 24.1 Å². The lowest BCUT2D eigenvalue weighted by Crippen LogP contribution is -2.38. The van der Waals surface area contributed by atoms with Crippen molar-refractivity contribution >= 4 is 27.5 Å². The van der Waals surface area contributed by atoms with E-state index in [4.69, 9.17) is 30.5 Å². The first-order valence-corrected chi connectivity index (χ1v) is 13.3. The maximum Gasteiger partial charge on any atom is 0.145 e. The zero-order valence-corrected chi connectivity index (χ0v) is 23.8. The summed E-state index contributed by atoms with van der Waals surface area (Å²) >= 11 is 10.0. The van der Waals surface area contributed by atoms with E-state index in [-0.39, 0.29) is 13.2 Å². The minimum absolute atomic E-state index is 0.0783. The lowest BCUT2D eigenvalue weighted by atomic mass is 9.80. The van der Waals surface area contributed by atoms with Gasteiger partial charge in [-0.2, -0.15) is 0 Å². The molecule has 0 aromatic heterocycles. The molecule has 0 unspecified atom stereocenters. The predicted molar refractivity (Wildman–Crippen MR) is 154 cm³/mol. The summed E-state index contributed by atoms with van der Waals surface area (Å²) < 4.78 is 24.7. The van der Waals surface area contributed by atoms with Gasteiger partial charge in [0.1, 0.15) is 29.0 Å². The van der Waals surface area contributed by atoms with Gasteiger partial charge in [-0.3, -0.25) is 0 Å². The van der Waals surface area contributed by atoms with Gasteiger partial charge in [-0.15, -0.1) is 0 Å². The Morgan fingerprint density at radius 2 is 1.32 bits per heavy atom. The zero-order chi connectivity index (χ0) is 27.1. The fourth-order valence-corrected chi connectivity index (χ4v) is 4.98. The predicted octanol–water partition coefficient (Wildman–Crippen LogP) is 7.18. The quantitative estimate of drug-likeness (QED) is 0.186. The van der Waals surface area contributed by atoms with Crippen LogP contribution in [0.15, 0.2) is 95.5 Å². The highest BCUT2D eigenvalue weighted by Crippen LogP contribution is 2.42. The Morgan fingerprint density at radius 3 is 1.82 bits per heavy atom. The number of halogens is 2. The number of ether oxygens (including phenoxy) is 4. The molecule has 4 aromatic rings. The molecule has 0 aliphatic carbocycles. The molecular weight excluding hydrogens is 568 g/mol. The summed E-state index contributed by atoms with van der Waals surface area (Å²) in [6, 6.07) is 29.2. The summed E-state index contributed by atoms with van der Waals surface area (Å²) in [6.45, 7) is 1.72. The lowest BCUT2D eigenvalue weighted by Gasteiger charge is -2.37. The molecule has 0 saturated carbocycles. The van der Waals surface area contributed by atoms with Crippen molar-refractivity contribution in [3.63, 3.8) is 0 Å². The van der Waals surface area contributed by atoms with E-state index >= 15 is 0 Å². The van der Waals surface area contributed by atoms with Gasteiger partial charge in [0.25, 0.3) is 0 Å². The number of rotatable bonds is 11. The smallest absolute Gasteiger partial charge is 0.145 e. The van der Waals surface area contributed by atoms with Crippen LogP contribution in [0.3, 0.4) is 0 Å². The maximum atomic E-state index is 10.3. The zero-order valence-electron chi connectivity index (χ0n) is 21.5. The molecule has 0 heterocycles. The highest BCUT2D eigenvalue weighted by molar-refractivity contribution is 9.10. The maximum absolute atomic E-state index is 10.3. The normalized spacial score (nSPS) is 12.2. The molecule has 1 atom stereocenters. The third-order valence-electron chi connectivity index (χ3n) is 6.44. The molecule has 38 heavy (non-hydrogen) atoms. The van der Waals surface area contributed by atoms with Crippen molar-refractivity contribution in [2.24, 2.45) is 0 Å². The number of hydrogen-bond donors (Lipinski definition) is 1. The summed E-state index contributed by atoms with van der Waals surface area (Å²) in [4.78, 5) is 0. The number of hydrogen-bond acceptors (Lipinski definition) is 5. The molecular formula is C31H30BrClO5. The van der Waals surface area contributed by atoms with Crippen molar-refractivity contribution in [3.05, 3.63) is 123 Å². The Morgan fingerprint density at radius 1 is 0.789 bits per heavy atom. The molecule has 0 radical (unpaired) electrons. The van der Waals surface area contributed by atoms with Crippen molar-refractivity contribution in [1.29, 1.82) is 0 Å². The average molecular weight is 598 g/mol. The average Bonchev–Trinajstić information content (AvgIpc) is 2.98. The molecule has 5 nitrogen and oxygen atoms in total. The molecule has 0 fully saturated rings. The van der Waals surface area contributed by atoms with Crippen LogP contribution in [0.5, 0.6) is 17.2 Å². The van der Waals surface area contributed by atoms with E-state index in [1.54, 1.807) is 20.3 Å². The molecule has 7 heteroatoms. The Labute approximate surface area is 237 Å². The minimum atomic E-state index is -1.02. The molecule has 0 spiro atoms. The van der Waals surface area contributed by atoms with E-state index in [0.717, 1.165) is 38.2 Å². The van der Waals surface area contributed by atoms with Gasteiger partial charge >= 0.3 is 0 Å². The molecule has 198 valence electrons. The van der Waals surface area contributed by atoms with Crippen LogP contribution in [0.1, 0.15) is 22.3 Å². The van der Waals surface area contributed by atoms with Crippen molar-refractivity contribution in [3.8, 4) is 17.2 Å². The molecule has 0 saturated heterocycles. The van der Waals surface area contributed by atoms with Gasteiger partial charge in [-0.05, 0) is 65.6 Å². The molecule has 0 aliphatic heterocycles. The van der Waals surface area contributed by atoms with Crippen LogP contribution in [-0.4, -0.2) is 38.6 Å². The van der Waals surface area contributed by atoms with Gasteiger partial charge in [0, 0.05) is 4.47 Å². The topological polar surface area (TPSA) is 57.2 Å². The van der Waals surface area contributed by atoms with Crippen LogP contribution in [0.2, 0.25) is 5.02 Å².